The van der Waals surface area contributed by atoms with E-state index in [4.69, 9.17) is 23.4 Å². The minimum absolute atomic E-state index is 0.139. The number of carbonyl (C=O) groups excluding carboxylic acids is 2. The summed E-state index contributed by atoms with van der Waals surface area (Å²) in [5.74, 6) is -4.07. The number of esters is 2. The van der Waals surface area contributed by atoms with Crippen molar-refractivity contribution in [3.63, 3.8) is 0 Å². The summed E-state index contributed by atoms with van der Waals surface area (Å²) in [6.07, 6.45) is -5.10. The van der Waals surface area contributed by atoms with Gasteiger partial charge in [-0.15, -0.1) is 0 Å². The average Bonchev–Trinajstić information content (AvgIpc) is 2.90. The molecule has 0 saturated carbocycles. The van der Waals surface area contributed by atoms with Crippen molar-refractivity contribution in [2.45, 2.75) is 13.1 Å². The number of hydrogen-bond acceptors (Lipinski definition) is 8. The largest absolute Gasteiger partial charge is 0.497 e. The third-order valence-electron chi connectivity index (χ3n) is 5.18. The monoisotopic (exact) mass is 528 g/mol. The molecular weight excluding hydrogens is 509 g/mol. The molecule has 11 heteroatoms. The summed E-state index contributed by atoms with van der Waals surface area (Å²) in [5, 5.41) is -0.239. The van der Waals surface area contributed by atoms with Gasteiger partial charge in [0.05, 0.1) is 30.2 Å². The van der Waals surface area contributed by atoms with Crippen LogP contribution in [0.3, 0.4) is 0 Å². The van der Waals surface area contributed by atoms with Crippen molar-refractivity contribution in [2.24, 2.45) is 0 Å². The number of alkyl halides is 3. The highest BCUT2D eigenvalue weighted by Gasteiger charge is 2.40. The molecule has 0 fully saturated rings. The molecule has 8 nitrogen and oxygen atoms in total. The molecule has 0 bridgehead atoms. The van der Waals surface area contributed by atoms with Gasteiger partial charge in [0.15, 0.2) is 0 Å². The second kappa shape index (κ2) is 10.7. The Bertz CT molecular complexity index is 1560. The van der Waals surface area contributed by atoms with Crippen LogP contribution in [0, 0.1) is 0 Å². The number of fused-ring (bicyclic) bond motifs is 1. The summed E-state index contributed by atoms with van der Waals surface area (Å²) in [7, 11) is 1.42. The summed E-state index contributed by atoms with van der Waals surface area (Å²) in [6.45, 7) is 1.77. The van der Waals surface area contributed by atoms with Crippen molar-refractivity contribution >= 4 is 22.9 Å². The molecule has 0 N–H and O–H groups in total. The SMILES string of the molecule is CCOC(=O)c1ccc(Oc2c(C(F)(F)F)oc3cc(OC(=O)c4cccc(OC)c4)ccc3c2=O)cc1. The highest BCUT2D eigenvalue weighted by Crippen LogP contribution is 2.38. The summed E-state index contributed by atoms with van der Waals surface area (Å²) in [5.41, 5.74) is -1.28. The van der Waals surface area contributed by atoms with E-state index in [-0.39, 0.29) is 34.6 Å². The predicted molar refractivity (Wildman–Crippen MR) is 128 cm³/mol. The van der Waals surface area contributed by atoms with Gasteiger partial charge in [-0.25, -0.2) is 9.59 Å². The molecule has 0 saturated heterocycles. The fraction of sp³-hybridized carbons (Fsp3) is 0.148. The van der Waals surface area contributed by atoms with Crippen LogP contribution in [0.15, 0.2) is 75.9 Å². The van der Waals surface area contributed by atoms with Crippen LogP contribution >= 0.6 is 0 Å². The van der Waals surface area contributed by atoms with E-state index < -0.39 is 40.6 Å². The summed E-state index contributed by atoms with van der Waals surface area (Å²) in [6, 6.07) is 14.5. The van der Waals surface area contributed by atoms with E-state index >= 15 is 0 Å². The first-order valence-electron chi connectivity index (χ1n) is 11.1. The Hall–Kier alpha value is -4.80. The maximum absolute atomic E-state index is 13.8. The molecule has 0 spiro atoms. The lowest BCUT2D eigenvalue weighted by molar-refractivity contribution is -0.154. The van der Waals surface area contributed by atoms with Crippen LogP contribution in [-0.2, 0) is 10.9 Å². The minimum atomic E-state index is -5.10. The highest BCUT2D eigenvalue weighted by atomic mass is 19.4. The second-order valence-corrected chi connectivity index (χ2v) is 7.71. The van der Waals surface area contributed by atoms with E-state index in [0.717, 1.165) is 12.1 Å². The zero-order valence-electron chi connectivity index (χ0n) is 20.0. The molecule has 1 aromatic heterocycles. The first-order chi connectivity index (χ1) is 18.1. The molecule has 196 valence electrons. The molecule has 0 aliphatic rings. The first kappa shape index (κ1) is 26.3. The molecule has 4 aromatic rings. The van der Waals surface area contributed by atoms with Gasteiger partial charge in [-0.05, 0) is 61.5 Å². The van der Waals surface area contributed by atoms with Crippen LogP contribution in [-0.4, -0.2) is 25.7 Å². The lowest BCUT2D eigenvalue weighted by atomic mass is 10.2. The number of hydrogen-bond donors (Lipinski definition) is 0. The van der Waals surface area contributed by atoms with Crippen molar-refractivity contribution in [3.05, 3.63) is 93.8 Å². The molecular formula is C27H19F3O8. The summed E-state index contributed by atoms with van der Waals surface area (Å²) < 4.78 is 67.0. The Kier molecular flexibility index (Phi) is 7.38. The molecule has 0 radical (unpaired) electrons. The van der Waals surface area contributed by atoms with E-state index in [2.05, 4.69) is 0 Å². The zero-order chi connectivity index (χ0) is 27.4. The van der Waals surface area contributed by atoms with Crippen molar-refractivity contribution < 1.29 is 46.1 Å². The van der Waals surface area contributed by atoms with Gasteiger partial charge in [0.25, 0.3) is 5.76 Å². The Balaban J connectivity index is 1.68. The third-order valence-corrected chi connectivity index (χ3v) is 5.18. The second-order valence-electron chi connectivity index (χ2n) is 7.71. The van der Waals surface area contributed by atoms with Crippen molar-refractivity contribution in [3.8, 4) is 23.0 Å². The number of halogens is 3. The van der Waals surface area contributed by atoms with E-state index in [1.807, 2.05) is 0 Å². The van der Waals surface area contributed by atoms with Crippen LogP contribution in [0.1, 0.15) is 33.4 Å². The molecule has 0 aliphatic heterocycles. The first-order valence-corrected chi connectivity index (χ1v) is 11.1. The van der Waals surface area contributed by atoms with Crippen LogP contribution in [0.5, 0.6) is 23.0 Å². The quantitative estimate of drug-likeness (QED) is 0.212. The van der Waals surface area contributed by atoms with Crippen LogP contribution in [0.2, 0.25) is 0 Å². The Labute approximate surface area is 213 Å². The lowest BCUT2D eigenvalue weighted by Gasteiger charge is -2.14. The fourth-order valence-electron chi connectivity index (χ4n) is 3.41. The lowest BCUT2D eigenvalue weighted by Crippen LogP contribution is -2.16. The van der Waals surface area contributed by atoms with E-state index in [9.17, 15) is 27.6 Å². The summed E-state index contributed by atoms with van der Waals surface area (Å²) in [4.78, 5) is 37.3. The van der Waals surface area contributed by atoms with Crippen LogP contribution in [0.4, 0.5) is 13.2 Å². The fourth-order valence-corrected chi connectivity index (χ4v) is 3.41. The molecule has 1 heterocycles. The molecule has 3 aromatic carbocycles. The normalized spacial score (nSPS) is 11.2. The maximum Gasteiger partial charge on any atom is 0.453 e. The van der Waals surface area contributed by atoms with Gasteiger partial charge in [0.2, 0.25) is 11.2 Å². The van der Waals surface area contributed by atoms with E-state index in [1.165, 1.54) is 49.6 Å². The van der Waals surface area contributed by atoms with Gasteiger partial charge < -0.3 is 23.4 Å². The molecule has 0 unspecified atom stereocenters. The van der Waals surface area contributed by atoms with Crippen LogP contribution < -0.4 is 19.6 Å². The smallest absolute Gasteiger partial charge is 0.453 e. The zero-order valence-corrected chi connectivity index (χ0v) is 20.0. The Morgan fingerprint density at radius 1 is 0.868 bits per heavy atom. The molecule has 0 amide bonds. The van der Waals surface area contributed by atoms with Gasteiger partial charge in [0.1, 0.15) is 22.8 Å². The minimum Gasteiger partial charge on any atom is -0.497 e. The van der Waals surface area contributed by atoms with E-state index in [0.29, 0.717) is 5.75 Å². The van der Waals surface area contributed by atoms with Gasteiger partial charge in [-0.2, -0.15) is 13.2 Å². The topological polar surface area (TPSA) is 101 Å². The average molecular weight is 528 g/mol. The third kappa shape index (κ3) is 5.61. The predicted octanol–water partition coefficient (Wildman–Crippen LogP) is 6.01. The number of ether oxygens (including phenoxy) is 4. The van der Waals surface area contributed by atoms with Gasteiger partial charge in [0, 0.05) is 6.07 Å². The van der Waals surface area contributed by atoms with Crippen molar-refractivity contribution in [1.82, 2.24) is 0 Å². The number of carbonyl (C=O) groups is 2. The van der Waals surface area contributed by atoms with Crippen molar-refractivity contribution in [2.75, 3.05) is 13.7 Å². The summed E-state index contributed by atoms with van der Waals surface area (Å²) >= 11 is 0. The molecule has 38 heavy (non-hydrogen) atoms. The molecule has 4 rings (SSSR count). The number of benzene rings is 3. The van der Waals surface area contributed by atoms with E-state index in [1.54, 1.807) is 19.1 Å². The Morgan fingerprint density at radius 2 is 1.58 bits per heavy atom. The van der Waals surface area contributed by atoms with Crippen molar-refractivity contribution in [1.29, 1.82) is 0 Å². The number of rotatable bonds is 7. The van der Waals surface area contributed by atoms with Gasteiger partial charge >= 0.3 is 18.1 Å². The Morgan fingerprint density at radius 3 is 2.24 bits per heavy atom. The molecule has 0 aliphatic carbocycles. The van der Waals surface area contributed by atoms with Gasteiger partial charge in [-0.3, -0.25) is 4.79 Å². The number of methoxy groups -OCH3 is 1. The highest BCUT2D eigenvalue weighted by molar-refractivity contribution is 5.92. The van der Waals surface area contributed by atoms with Crippen LogP contribution in [0.25, 0.3) is 11.0 Å². The van der Waals surface area contributed by atoms with Gasteiger partial charge in [-0.1, -0.05) is 6.07 Å². The maximum atomic E-state index is 13.8. The standard InChI is InChI=1S/C27H19F3O8/c1-3-35-25(32)15-7-9-17(10-8-15)36-23-22(31)20-12-11-19(14-21(20)38-24(23)27(28,29)30)37-26(33)16-5-4-6-18(13-16)34-2/h4-14H,3H2,1-2H3. The molecule has 0 atom stereocenters.